The predicted molar refractivity (Wildman–Crippen MR) is 104 cm³/mol. The standard InChI is InChI=1S/C20H20N2O4S/c1-5-25-20(24)18-17(13(4)26-22-18)19(23)21-16-7-6-15(27-16)14-9-11(2)8-12(3)10-14/h6-10H,5H2,1-4H3,(H,21,23). The number of carbonyl (C=O) groups excluding carboxylic acids is 2. The number of hydrogen-bond acceptors (Lipinski definition) is 6. The van der Waals surface area contributed by atoms with Crippen molar-refractivity contribution in [2.75, 3.05) is 11.9 Å². The molecule has 0 unspecified atom stereocenters. The van der Waals surface area contributed by atoms with Crippen molar-refractivity contribution in [3.8, 4) is 10.4 Å². The third-order valence-corrected chi connectivity index (χ3v) is 4.96. The lowest BCUT2D eigenvalue weighted by Crippen LogP contribution is -2.17. The van der Waals surface area contributed by atoms with E-state index >= 15 is 0 Å². The Morgan fingerprint density at radius 1 is 1.15 bits per heavy atom. The second-order valence-corrected chi connectivity index (χ2v) is 7.26. The highest BCUT2D eigenvalue weighted by molar-refractivity contribution is 7.19. The molecule has 0 fully saturated rings. The number of aromatic nitrogens is 1. The maximum Gasteiger partial charge on any atom is 0.361 e. The van der Waals surface area contributed by atoms with Crippen LogP contribution in [0.5, 0.6) is 0 Å². The highest BCUT2D eigenvalue weighted by atomic mass is 32.1. The van der Waals surface area contributed by atoms with E-state index < -0.39 is 11.9 Å². The fraction of sp³-hybridized carbons (Fsp3) is 0.250. The molecular formula is C20H20N2O4S. The van der Waals surface area contributed by atoms with Gasteiger partial charge in [-0.3, -0.25) is 4.79 Å². The summed E-state index contributed by atoms with van der Waals surface area (Å²) in [5.74, 6) is -0.867. The molecule has 1 aromatic carbocycles. The zero-order valence-corrected chi connectivity index (χ0v) is 16.4. The zero-order chi connectivity index (χ0) is 19.6. The van der Waals surface area contributed by atoms with Gasteiger partial charge in [0, 0.05) is 4.88 Å². The quantitative estimate of drug-likeness (QED) is 0.642. The number of ether oxygens (including phenoxy) is 1. The van der Waals surface area contributed by atoms with E-state index in [4.69, 9.17) is 9.26 Å². The first-order valence-corrected chi connectivity index (χ1v) is 9.34. The number of aryl methyl sites for hydroxylation is 3. The fourth-order valence-corrected chi connectivity index (χ4v) is 3.72. The van der Waals surface area contributed by atoms with Crippen LogP contribution in [0.1, 0.15) is 44.7 Å². The normalized spacial score (nSPS) is 10.7. The molecule has 0 aliphatic heterocycles. The lowest BCUT2D eigenvalue weighted by Gasteiger charge is -2.04. The summed E-state index contributed by atoms with van der Waals surface area (Å²) in [6.45, 7) is 7.57. The number of anilines is 1. The number of rotatable bonds is 5. The molecule has 0 radical (unpaired) electrons. The summed E-state index contributed by atoms with van der Waals surface area (Å²) in [5, 5.41) is 7.15. The minimum Gasteiger partial charge on any atom is -0.461 e. The molecule has 0 aliphatic carbocycles. The van der Waals surface area contributed by atoms with E-state index in [9.17, 15) is 9.59 Å². The summed E-state index contributed by atoms with van der Waals surface area (Å²) >= 11 is 1.46. The molecule has 27 heavy (non-hydrogen) atoms. The lowest BCUT2D eigenvalue weighted by atomic mass is 10.1. The number of carbonyl (C=O) groups is 2. The van der Waals surface area contributed by atoms with Crippen molar-refractivity contribution in [3.05, 3.63) is 58.5 Å². The molecule has 1 N–H and O–H groups in total. The minimum absolute atomic E-state index is 0.0924. The van der Waals surface area contributed by atoms with Crippen molar-refractivity contribution in [2.24, 2.45) is 0 Å². The third kappa shape index (κ3) is 4.09. The van der Waals surface area contributed by atoms with Crippen LogP contribution in [0.25, 0.3) is 10.4 Å². The van der Waals surface area contributed by atoms with Gasteiger partial charge in [-0.25, -0.2) is 4.79 Å². The van der Waals surface area contributed by atoms with Gasteiger partial charge >= 0.3 is 5.97 Å². The molecule has 3 rings (SSSR count). The second kappa shape index (κ2) is 7.75. The first-order valence-electron chi connectivity index (χ1n) is 8.52. The van der Waals surface area contributed by atoms with E-state index in [1.165, 1.54) is 22.5 Å². The molecule has 0 bridgehead atoms. The summed E-state index contributed by atoms with van der Waals surface area (Å²) in [5.41, 5.74) is 3.45. The Morgan fingerprint density at radius 2 is 1.85 bits per heavy atom. The lowest BCUT2D eigenvalue weighted by molar-refractivity contribution is 0.0512. The molecule has 6 nitrogen and oxygen atoms in total. The van der Waals surface area contributed by atoms with E-state index in [1.807, 2.05) is 12.1 Å². The molecule has 2 heterocycles. The van der Waals surface area contributed by atoms with Crippen molar-refractivity contribution >= 4 is 28.2 Å². The van der Waals surface area contributed by atoms with Gasteiger partial charge in [-0.05, 0) is 45.4 Å². The van der Waals surface area contributed by atoms with Crippen LogP contribution in [0.2, 0.25) is 0 Å². The summed E-state index contributed by atoms with van der Waals surface area (Å²) in [6, 6.07) is 10.1. The molecule has 2 aromatic heterocycles. The van der Waals surface area contributed by atoms with Gasteiger partial charge in [0.2, 0.25) is 5.69 Å². The SMILES string of the molecule is CCOC(=O)c1noc(C)c1C(=O)Nc1ccc(-c2cc(C)cc(C)c2)s1. The Morgan fingerprint density at radius 3 is 2.52 bits per heavy atom. The first kappa shape index (κ1) is 18.8. The van der Waals surface area contributed by atoms with Crippen LogP contribution in [0.4, 0.5) is 5.00 Å². The van der Waals surface area contributed by atoms with Crippen molar-refractivity contribution in [1.29, 1.82) is 0 Å². The molecule has 140 valence electrons. The van der Waals surface area contributed by atoms with Crippen LogP contribution >= 0.6 is 11.3 Å². The van der Waals surface area contributed by atoms with Crippen LogP contribution in [0.3, 0.4) is 0 Å². The maximum atomic E-state index is 12.7. The van der Waals surface area contributed by atoms with E-state index in [0.717, 1.165) is 10.4 Å². The number of benzene rings is 1. The number of nitrogens with one attached hydrogen (secondary N) is 1. The summed E-state index contributed by atoms with van der Waals surface area (Å²) < 4.78 is 9.94. The van der Waals surface area contributed by atoms with Gasteiger partial charge in [-0.15, -0.1) is 11.3 Å². The molecule has 0 atom stereocenters. The van der Waals surface area contributed by atoms with E-state index in [1.54, 1.807) is 13.8 Å². The van der Waals surface area contributed by atoms with Crippen molar-refractivity contribution in [2.45, 2.75) is 27.7 Å². The van der Waals surface area contributed by atoms with Gasteiger partial charge < -0.3 is 14.6 Å². The van der Waals surface area contributed by atoms with Crippen LogP contribution < -0.4 is 5.32 Å². The summed E-state index contributed by atoms with van der Waals surface area (Å²) in [4.78, 5) is 25.7. The van der Waals surface area contributed by atoms with Crippen LogP contribution in [0, 0.1) is 20.8 Å². The van der Waals surface area contributed by atoms with Crippen LogP contribution in [-0.4, -0.2) is 23.6 Å². The smallest absolute Gasteiger partial charge is 0.361 e. The Kier molecular flexibility index (Phi) is 5.41. The van der Waals surface area contributed by atoms with Gasteiger partial charge in [0.15, 0.2) is 0 Å². The molecule has 7 heteroatoms. The molecule has 0 spiro atoms. The Labute approximate surface area is 161 Å². The predicted octanol–water partition coefficient (Wildman–Crippen LogP) is 4.76. The first-order chi connectivity index (χ1) is 12.9. The number of esters is 1. The maximum absolute atomic E-state index is 12.7. The molecule has 0 aliphatic rings. The Balaban J connectivity index is 1.83. The minimum atomic E-state index is -0.679. The van der Waals surface area contributed by atoms with Crippen molar-refractivity contribution < 1.29 is 18.8 Å². The van der Waals surface area contributed by atoms with E-state index in [2.05, 4.69) is 42.5 Å². The molecule has 0 saturated carbocycles. The average Bonchev–Trinajstić information content (AvgIpc) is 3.21. The van der Waals surface area contributed by atoms with Gasteiger partial charge in [0.1, 0.15) is 11.3 Å². The average molecular weight is 384 g/mol. The number of hydrogen-bond donors (Lipinski definition) is 1. The largest absolute Gasteiger partial charge is 0.461 e. The molecule has 0 saturated heterocycles. The zero-order valence-electron chi connectivity index (χ0n) is 15.6. The summed E-state index contributed by atoms with van der Waals surface area (Å²) in [6.07, 6.45) is 0. The third-order valence-electron chi connectivity index (χ3n) is 3.91. The van der Waals surface area contributed by atoms with Gasteiger partial charge in [-0.2, -0.15) is 0 Å². The second-order valence-electron chi connectivity index (χ2n) is 6.18. The monoisotopic (exact) mass is 384 g/mol. The topological polar surface area (TPSA) is 81.4 Å². The van der Waals surface area contributed by atoms with E-state index in [-0.39, 0.29) is 23.6 Å². The van der Waals surface area contributed by atoms with Crippen LogP contribution in [0.15, 0.2) is 34.9 Å². The highest BCUT2D eigenvalue weighted by Gasteiger charge is 2.26. The van der Waals surface area contributed by atoms with Crippen molar-refractivity contribution in [3.63, 3.8) is 0 Å². The molecule has 3 aromatic rings. The van der Waals surface area contributed by atoms with Gasteiger partial charge in [-0.1, -0.05) is 34.5 Å². The fourth-order valence-electron chi connectivity index (χ4n) is 2.83. The number of nitrogens with zero attached hydrogens (tertiary/aromatic N) is 1. The molecule has 1 amide bonds. The highest BCUT2D eigenvalue weighted by Crippen LogP contribution is 2.33. The van der Waals surface area contributed by atoms with Gasteiger partial charge in [0.05, 0.1) is 11.6 Å². The number of amides is 1. The Bertz CT molecular complexity index is 983. The Hall–Kier alpha value is -2.93. The van der Waals surface area contributed by atoms with Crippen molar-refractivity contribution in [1.82, 2.24) is 5.16 Å². The van der Waals surface area contributed by atoms with Crippen LogP contribution in [-0.2, 0) is 4.74 Å². The molecular weight excluding hydrogens is 364 g/mol. The summed E-state index contributed by atoms with van der Waals surface area (Å²) in [7, 11) is 0. The van der Waals surface area contributed by atoms with Gasteiger partial charge in [0.25, 0.3) is 5.91 Å². The van der Waals surface area contributed by atoms with E-state index in [0.29, 0.717) is 5.00 Å². The number of thiophene rings is 1.